The third-order valence-electron chi connectivity index (χ3n) is 9.48. The molecule has 4 heterocycles. The van der Waals surface area contributed by atoms with Gasteiger partial charge in [-0.05, 0) is 60.4 Å². The van der Waals surface area contributed by atoms with Gasteiger partial charge in [-0.25, -0.2) is 19.9 Å². The molecule has 15 nitrogen and oxygen atoms in total. The second-order valence-electron chi connectivity index (χ2n) is 13.8. The molecule has 0 bridgehead atoms. The van der Waals surface area contributed by atoms with Gasteiger partial charge in [0, 0.05) is 25.2 Å². The van der Waals surface area contributed by atoms with E-state index < -0.39 is 0 Å². The van der Waals surface area contributed by atoms with Crippen LogP contribution in [0.25, 0.3) is 22.1 Å². The largest absolute Gasteiger partial charge is 0.508 e. The van der Waals surface area contributed by atoms with E-state index in [1.54, 1.807) is 12.1 Å². The molecule has 0 aliphatic carbocycles. The van der Waals surface area contributed by atoms with Crippen molar-refractivity contribution in [2.75, 3.05) is 23.8 Å². The van der Waals surface area contributed by atoms with E-state index in [4.69, 9.17) is 19.5 Å². The van der Waals surface area contributed by atoms with Crippen LogP contribution in [0.1, 0.15) is 33.6 Å². The molecule has 310 valence electrons. The molecule has 0 saturated heterocycles. The summed E-state index contributed by atoms with van der Waals surface area (Å²) in [6, 6.07) is 36.7. The number of hydrogen-bond donors (Lipinski definition) is 4. The topological polar surface area (TPSA) is 188 Å². The Balaban J connectivity index is 0.000000185. The Bertz CT molecular complexity index is 2820. The molecule has 61 heavy (non-hydrogen) atoms. The van der Waals surface area contributed by atoms with Crippen molar-refractivity contribution in [2.45, 2.75) is 40.2 Å². The smallest absolute Gasteiger partial charge is 0.287 e. The summed E-state index contributed by atoms with van der Waals surface area (Å²) in [7, 11) is 0. The van der Waals surface area contributed by atoms with E-state index in [-0.39, 0.29) is 43.3 Å². The molecular weight excluding hydrogens is 777 g/mol. The number of hydrogen-bond acceptors (Lipinski definition) is 13. The number of anilines is 2. The van der Waals surface area contributed by atoms with Crippen molar-refractivity contribution in [3.05, 3.63) is 188 Å². The molecule has 8 aromatic rings. The zero-order valence-electron chi connectivity index (χ0n) is 33.6. The first-order chi connectivity index (χ1) is 29.8. The first kappa shape index (κ1) is 41.4. The molecule has 8 rings (SSSR count). The van der Waals surface area contributed by atoms with Gasteiger partial charge in [-0.1, -0.05) is 84.9 Å². The lowest BCUT2D eigenvalue weighted by Crippen LogP contribution is -2.28. The molecule has 0 aliphatic rings. The summed E-state index contributed by atoms with van der Waals surface area (Å²) < 4.78 is 7.81. The highest BCUT2D eigenvalue weighted by atomic mass is 16.7. The molecule has 0 atom stereocenters. The molecule has 0 radical (unpaired) electrons. The number of aromatic hydroxyl groups is 1. The fraction of sp³-hybridized carbons (Fsp3) is 0.174. The van der Waals surface area contributed by atoms with Crippen LogP contribution in [0.15, 0.2) is 144 Å². The first-order valence-corrected chi connectivity index (χ1v) is 19.4. The minimum absolute atomic E-state index is 0.0294. The van der Waals surface area contributed by atoms with E-state index in [1.165, 1.54) is 34.2 Å². The number of phenols is 1. The van der Waals surface area contributed by atoms with Gasteiger partial charge in [-0.2, -0.15) is 0 Å². The van der Waals surface area contributed by atoms with E-state index >= 15 is 0 Å². The maximum Gasteiger partial charge on any atom is 0.287 e. The molecule has 4 aromatic heterocycles. The highest BCUT2D eigenvalue weighted by Gasteiger charge is 2.16. The molecule has 0 aliphatic heterocycles. The van der Waals surface area contributed by atoms with Gasteiger partial charge in [-0.15, -0.1) is 9.46 Å². The van der Waals surface area contributed by atoms with Crippen molar-refractivity contribution in [1.29, 1.82) is 0 Å². The minimum Gasteiger partial charge on any atom is -0.508 e. The Morgan fingerprint density at radius 2 is 1.02 bits per heavy atom. The number of pyridine rings is 2. The second kappa shape index (κ2) is 19.8. The number of aliphatic hydroxyl groups is 1. The van der Waals surface area contributed by atoms with Gasteiger partial charge in [0.2, 0.25) is 0 Å². The predicted molar refractivity (Wildman–Crippen MR) is 232 cm³/mol. The molecule has 0 saturated carbocycles. The quantitative estimate of drug-likeness (QED) is 0.0979. The van der Waals surface area contributed by atoms with Crippen LogP contribution in [0, 0.1) is 13.8 Å². The summed E-state index contributed by atoms with van der Waals surface area (Å²) in [5.74, 6) is 0.900. The summed E-state index contributed by atoms with van der Waals surface area (Å²) in [6.07, 6.45) is 2.84. The fourth-order valence-corrected chi connectivity index (χ4v) is 6.41. The molecule has 0 spiro atoms. The maximum absolute atomic E-state index is 12.8. The van der Waals surface area contributed by atoms with Crippen molar-refractivity contribution in [1.82, 2.24) is 29.4 Å². The number of fused-ring (bicyclic) bond motifs is 2. The Kier molecular flexibility index (Phi) is 13.4. The highest BCUT2D eigenvalue weighted by molar-refractivity contribution is 5.91. The van der Waals surface area contributed by atoms with Gasteiger partial charge in [0.1, 0.15) is 44.0 Å². The summed E-state index contributed by atoms with van der Waals surface area (Å²) >= 11 is 0. The molecule has 0 fully saturated rings. The average Bonchev–Trinajstić information content (AvgIpc) is 3.28. The summed E-state index contributed by atoms with van der Waals surface area (Å²) in [6.45, 7) is 5.44. The Hall–Kier alpha value is -7.78. The lowest BCUT2D eigenvalue weighted by atomic mass is 10.2. The van der Waals surface area contributed by atoms with Crippen molar-refractivity contribution in [3.8, 4) is 11.5 Å². The minimum atomic E-state index is -0.320. The second-order valence-corrected chi connectivity index (χ2v) is 13.8. The van der Waals surface area contributed by atoms with Crippen LogP contribution in [-0.2, 0) is 26.3 Å². The van der Waals surface area contributed by atoms with E-state index in [0.29, 0.717) is 41.5 Å². The zero-order valence-corrected chi connectivity index (χ0v) is 33.6. The van der Waals surface area contributed by atoms with Crippen molar-refractivity contribution < 1.29 is 24.6 Å². The number of aromatic nitrogens is 6. The van der Waals surface area contributed by atoms with Crippen LogP contribution >= 0.6 is 0 Å². The fourth-order valence-electron chi connectivity index (χ4n) is 6.41. The number of ether oxygens (including phenoxy) is 1. The van der Waals surface area contributed by atoms with Crippen LogP contribution < -0.4 is 36.2 Å². The van der Waals surface area contributed by atoms with E-state index in [2.05, 4.69) is 30.6 Å². The number of phenolic OH excluding ortho intramolecular Hbond substituents is 1. The molecule has 0 unspecified atom stereocenters. The zero-order chi connectivity index (χ0) is 42.6. The van der Waals surface area contributed by atoms with E-state index in [1.807, 2.05) is 111 Å². The summed E-state index contributed by atoms with van der Waals surface area (Å²) in [5, 5.41) is 26.3. The number of rotatable bonds is 15. The highest BCUT2D eigenvalue weighted by Crippen LogP contribution is 2.25. The lowest BCUT2D eigenvalue weighted by Gasteiger charge is -2.15. The van der Waals surface area contributed by atoms with Crippen LogP contribution in [0.4, 0.5) is 11.4 Å². The monoisotopic (exact) mass is 820 g/mol. The standard InChI is InChI=1S/C24H24N4O4.C22H20N4O3/c1-17-23-21(25-14-18-7-9-20(10-8-18)31-12-11-29)13-22(30)28(24(23)27-16-26-17)32-15-19-5-3-2-4-6-19;1-15-21-19(23-12-16-7-9-18(27)10-8-16)11-20(28)26(22(21)25-14-24-15)29-13-17-5-3-2-4-6-17/h2-10,13,16,25,29H,11-12,14-15H2,1H3;2-11,14,23,27H,12-13H2,1H3. The normalized spacial score (nSPS) is 10.8. The molecule has 0 amide bonds. The maximum atomic E-state index is 12.8. The number of benzene rings is 4. The summed E-state index contributed by atoms with van der Waals surface area (Å²) in [5.41, 5.74) is 6.82. The lowest BCUT2D eigenvalue weighted by molar-refractivity contribution is 0.0979. The third-order valence-corrected chi connectivity index (χ3v) is 9.48. The van der Waals surface area contributed by atoms with Crippen LogP contribution in [0.2, 0.25) is 0 Å². The summed E-state index contributed by atoms with van der Waals surface area (Å²) in [4.78, 5) is 54.4. The van der Waals surface area contributed by atoms with Gasteiger partial charge in [0.25, 0.3) is 11.1 Å². The van der Waals surface area contributed by atoms with Gasteiger partial charge < -0.3 is 35.3 Å². The average molecular weight is 821 g/mol. The van der Waals surface area contributed by atoms with Crippen molar-refractivity contribution >= 4 is 33.4 Å². The number of aliphatic hydroxyl groups excluding tert-OH is 1. The Labute approximate surface area is 350 Å². The van der Waals surface area contributed by atoms with E-state index in [0.717, 1.165) is 44.4 Å². The number of aryl methyl sites for hydroxylation is 2. The van der Waals surface area contributed by atoms with Gasteiger partial charge >= 0.3 is 0 Å². The first-order valence-electron chi connectivity index (χ1n) is 19.4. The van der Waals surface area contributed by atoms with Crippen LogP contribution in [-0.4, -0.2) is 52.8 Å². The molecular formula is C46H44N8O7. The van der Waals surface area contributed by atoms with Gasteiger partial charge in [-0.3, -0.25) is 9.59 Å². The van der Waals surface area contributed by atoms with Crippen molar-refractivity contribution in [3.63, 3.8) is 0 Å². The van der Waals surface area contributed by atoms with Crippen LogP contribution in [0.3, 0.4) is 0 Å². The Morgan fingerprint density at radius 3 is 1.46 bits per heavy atom. The SMILES string of the molecule is Cc1ncnc2c1c(NCc1ccc(O)cc1)cc(=O)n2OCc1ccccc1.Cc1ncnc2c1c(NCc1ccc(OCCO)cc1)cc(=O)n2OCc1ccccc1. The predicted octanol–water partition coefficient (Wildman–Crippen LogP) is 5.76. The molecule has 15 heteroatoms. The number of nitrogens with one attached hydrogen (secondary N) is 2. The van der Waals surface area contributed by atoms with Crippen molar-refractivity contribution in [2.24, 2.45) is 0 Å². The molecule has 4 aromatic carbocycles. The van der Waals surface area contributed by atoms with E-state index in [9.17, 15) is 14.7 Å². The third kappa shape index (κ3) is 10.5. The number of nitrogens with zero attached hydrogens (tertiary/aromatic N) is 6. The Morgan fingerprint density at radius 1 is 0.574 bits per heavy atom. The van der Waals surface area contributed by atoms with Gasteiger partial charge in [0.05, 0.1) is 40.1 Å². The van der Waals surface area contributed by atoms with Crippen LogP contribution in [0.5, 0.6) is 11.5 Å². The molecule has 4 N–H and O–H groups in total. The van der Waals surface area contributed by atoms with Gasteiger partial charge in [0.15, 0.2) is 11.3 Å².